The predicted octanol–water partition coefficient (Wildman–Crippen LogP) is -0.958. The monoisotopic (exact) mass is 624 g/mol. The van der Waals surface area contributed by atoms with Crippen LogP contribution in [0.2, 0.25) is 0 Å². The molecule has 4 rings (SSSR count). The summed E-state index contributed by atoms with van der Waals surface area (Å²) in [5.74, 6) is -1.31. The number of ether oxygens (including phenoxy) is 6. The largest absolute Gasteiger partial charge is 0.507 e. The fourth-order valence-electron chi connectivity index (χ4n) is 4.75. The van der Waals surface area contributed by atoms with Crippen molar-refractivity contribution in [2.45, 2.75) is 68.3 Å². The third-order valence-electron chi connectivity index (χ3n) is 7.31. The maximum Gasteiger partial charge on any atom is 0.229 e. The smallest absolute Gasteiger partial charge is 0.229 e. The zero-order valence-electron chi connectivity index (χ0n) is 24.0. The molecule has 0 aromatic heterocycles. The standard InChI is InChI=1S/C29H36O15/c1-12-22(33)24(35)26(37)28(42-12)41-11-20-23(34)25(36)27(38)29(44-20)43-14-9-17(32)21(19(10-14)40-3)15(30)6-4-13-5-7-18(39-2)16(31)8-13/h4-10,12,20,22-29,31-38H,11H2,1-3H3/t12-,20+,22-,23+,24+,25-,26+,27+,28+,29+/m0/s1. The van der Waals surface area contributed by atoms with E-state index in [0.717, 1.165) is 12.1 Å². The van der Waals surface area contributed by atoms with Crippen molar-refractivity contribution in [1.82, 2.24) is 0 Å². The van der Waals surface area contributed by atoms with Gasteiger partial charge >= 0.3 is 0 Å². The molecule has 2 aliphatic rings. The van der Waals surface area contributed by atoms with E-state index < -0.39 is 79.6 Å². The van der Waals surface area contributed by atoms with E-state index in [-0.39, 0.29) is 28.6 Å². The number of phenols is 2. The lowest BCUT2D eigenvalue weighted by molar-refractivity contribution is -0.318. The molecule has 0 spiro atoms. The SMILES string of the molecule is COc1ccc(C=CC(=O)c2c(O)cc(O[C@@H]3O[C@H](CO[C@@H]4O[C@@H](C)[C@H](O)[C@@H](O)[C@H]4O)[C@@H](O)[C@H](O)[C@H]3O)cc2OC)cc1O. The minimum Gasteiger partial charge on any atom is -0.507 e. The Morgan fingerprint density at radius 2 is 1.45 bits per heavy atom. The average molecular weight is 625 g/mol. The van der Waals surface area contributed by atoms with Gasteiger partial charge in [-0.3, -0.25) is 4.79 Å². The van der Waals surface area contributed by atoms with Crippen LogP contribution in [-0.4, -0.2) is 129 Å². The van der Waals surface area contributed by atoms with Gasteiger partial charge < -0.3 is 69.3 Å². The molecule has 2 fully saturated rings. The molecule has 242 valence electrons. The second kappa shape index (κ2) is 14.1. The van der Waals surface area contributed by atoms with E-state index in [1.807, 2.05) is 0 Å². The summed E-state index contributed by atoms with van der Waals surface area (Å²) >= 11 is 0. The normalized spacial score (nSPS) is 32.4. The van der Waals surface area contributed by atoms with E-state index in [2.05, 4.69) is 0 Å². The van der Waals surface area contributed by atoms with Crippen LogP contribution in [0.4, 0.5) is 0 Å². The fraction of sp³-hybridized carbons (Fsp3) is 0.483. The summed E-state index contributed by atoms with van der Waals surface area (Å²) in [5.41, 5.74) is 0.263. The van der Waals surface area contributed by atoms with Crippen molar-refractivity contribution >= 4 is 11.9 Å². The first-order chi connectivity index (χ1) is 20.9. The van der Waals surface area contributed by atoms with Crippen LogP contribution < -0.4 is 14.2 Å². The van der Waals surface area contributed by atoms with E-state index >= 15 is 0 Å². The zero-order chi connectivity index (χ0) is 32.3. The van der Waals surface area contributed by atoms with Gasteiger partial charge in [0.2, 0.25) is 6.29 Å². The Hall–Kier alpha value is -3.51. The summed E-state index contributed by atoms with van der Waals surface area (Å²) < 4.78 is 32.3. The Labute approximate surface area is 251 Å². The molecule has 10 atom stereocenters. The van der Waals surface area contributed by atoms with Crippen LogP contribution in [0.15, 0.2) is 36.4 Å². The van der Waals surface area contributed by atoms with Gasteiger partial charge in [0.1, 0.15) is 65.5 Å². The Morgan fingerprint density at radius 1 is 0.795 bits per heavy atom. The number of hydrogen-bond acceptors (Lipinski definition) is 15. The van der Waals surface area contributed by atoms with Crippen LogP contribution in [-0.2, 0) is 14.2 Å². The van der Waals surface area contributed by atoms with Crippen molar-refractivity contribution in [2.24, 2.45) is 0 Å². The number of methoxy groups -OCH3 is 2. The van der Waals surface area contributed by atoms with Gasteiger partial charge in [0.05, 0.1) is 26.9 Å². The number of aromatic hydroxyl groups is 2. The van der Waals surface area contributed by atoms with Gasteiger partial charge in [-0.2, -0.15) is 0 Å². The molecule has 44 heavy (non-hydrogen) atoms. The quantitative estimate of drug-likeness (QED) is 0.117. The van der Waals surface area contributed by atoms with Gasteiger partial charge in [0, 0.05) is 12.1 Å². The van der Waals surface area contributed by atoms with Gasteiger partial charge in [-0.1, -0.05) is 12.1 Å². The summed E-state index contributed by atoms with van der Waals surface area (Å²) in [6, 6.07) is 6.80. The molecule has 0 aliphatic carbocycles. The number of aliphatic hydroxyl groups is 6. The van der Waals surface area contributed by atoms with E-state index in [4.69, 9.17) is 28.4 Å². The van der Waals surface area contributed by atoms with Gasteiger partial charge in [0.15, 0.2) is 23.6 Å². The highest BCUT2D eigenvalue weighted by Gasteiger charge is 2.47. The van der Waals surface area contributed by atoms with Crippen LogP contribution in [0.1, 0.15) is 22.8 Å². The maximum absolute atomic E-state index is 12.9. The molecule has 2 aromatic carbocycles. The van der Waals surface area contributed by atoms with E-state index in [1.165, 1.54) is 45.4 Å². The van der Waals surface area contributed by atoms with Gasteiger partial charge in [-0.15, -0.1) is 0 Å². The summed E-state index contributed by atoms with van der Waals surface area (Å²) in [6.07, 6.45) is -12.4. The highest BCUT2D eigenvalue weighted by atomic mass is 16.7. The molecule has 0 saturated carbocycles. The van der Waals surface area contributed by atoms with E-state index in [0.29, 0.717) is 5.56 Å². The van der Waals surface area contributed by atoms with Crippen LogP contribution in [0.5, 0.6) is 28.7 Å². The number of rotatable bonds is 10. The van der Waals surface area contributed by atoms with E-state index in [9.17, 15) is 45.6 Å². The predicted molar refractivity (Wildman–Crippen MR) is 148 cm³/mol. The first-order valence-electron chi connectivity index (χ1n) is 13.5. The number of allylic oxidation sites excluding steroid dienone is 1. The third-order valence-corrected chi connectivity index (χ3v) is 7.31. The second-order valence-corrected chi connectivity index (χ2v) is 10.3. The Kier molecular flexibility index (Phi) is 10.7. The maximum atomic E-state index is 12.9. The van der Waals surface area contributed by atoms with Crippen LogP contribution >= 0.6 is 0 Å². The molecule has 2 aliphatic heterocycles. The molecule has 2 saturated heterocycles. The summed E-state index contributed by atoms with van der Waals surface area (Å²) in [6.45, 7) is 0.958. The molecule has 0 amide bonds. The summed E-state index contributed by atoms with van der Waals surface area (Å²) in [5, 5.41) is 82.0. The topological polar surface area (TPSA) is 234 Å². The highest BCUT2D eigenvalue weighted by molar-refractivity contribution is 6.10. The molecule has 2 aromatic rings. The van der Waals surface area contributed by atoms with E-state index in [1.54, 1.807) is 6.07 Å². The summed E-state index contributed by atoms with van der Waals surface area (Å²) in [4.78, 5) is 12.9. The van der Waals surface area contributed by atoms with Crippen LogP contribution in [0.25, 0.3) is 6.08 Å². The third kappa shape index (κ3) is 7.07. The lowest BCUT2D eigenvalue weighted by Crippen LogP contribution is -2.61. The van der Waals surface area contributed by atoms with Gasteiger partial charge in [-0.05, 0) is 30.7 Å². The number of hydrogen-bond donors (Lipinski definition) is 8. The zero-order valence-corrected chi connectivity index (χ0v) is 24.0. The Bertz CT molecular complexity index is 1330. The van der Waals surface area contributed by atoms with Crippen molar-refractivity contribution in [2.75, 3.05) is 20.8 Å². The van der Waals surface area contributed by atoms with Gasteiger partial charge in [0.25, 0.3) is 0 Å². The van der Waals surface area contributed by atoms with Crippen molar-refractivity contribution < 1.29 is 74.1 Å². The number of ketones is 1. The first kappa shape index (κ1) is 33.4. The fourth-order valence-corrected chi connectivity index (χ4v) is 4.75. The van der Waals surface area contributed by atoms with Crippen molar-refractivity contribution in [3.63, 3.8) is 0 Å². The molecule has 8 N–H and O–H groups in total. The molecule has 15 nitrogen and oxygen atoms in total. The molecular formula is C29H36O15. The number of carbonyl (C=O) groups excluding carboxylic acids is 1. The van der Waals surface area contributed by atoms with Crippen LogP contribution in [0.3, 0.4) is 0 Å². The minimum atomic E-state index is -1.77. The lowest BCUT2D eigenvalue weighted by Gasteiger charge is -2.42. The minimum absolute atomic E-state index is 0.101. The molecular weight excluding hydrogens is 588 g/mol. The number of aliphatic hydroxyl groups excluding tert-OH is 6. The average Bonchev–Trinajstić information content (AvgIpc) is 3.00. The first-order valence-corrected chi connectivity index (χ1v) is 13.5. The molecule has 2 heterocycles. The Balaban J connectivity index is 1.46. The molecule has 0 bridgehead atoms. The second-order valence-electron chi connectivity index (χ2n) is 10.3. The van der Waals surface area contributed by atoms with Crippen molar-refractivity contribution in [3.05, 3.63) is 47.5 Å². The van der Waals surface area contributed by atoms with Crippen molar-refractivity contribution in [3.8, 4) is 28.7 Å². The Morgan fingerprint density at radius 3 is 2.11 bits per heavy atom. The summed E-state index contributed by atoms with van der Waals surface area (Å²) in [7, 11) is 2.65. The highest BCUT2D eigenvalue weighted by Crippen LogP contribution is 2.36. The number of carbonyl (C=O) groups is 1. The number of phenolic OH excluding ortho intramolecular Hbond substituents is 2. The van der Waals surface area contributed by atoms with Crippen molar-refractivity contribution in [1.29, 1.82) is 0 Å². The number of benzene rings is 2. The van der Waals surface area contributed by atoms with Crippen LogP contribution in [0, 0.1) is 0 Å². The molecule has 0 unspecified atom stereocenters. The molecule has 0 radical (unpaired) electrons. The van der Waals surface area contributed by atoms with Gasteiger partial charge in [-0.25, -0.2) is 0 Å². The molecule has 15 heteroatoms. The lowest BCUT2D eigenvalue weighted by atomic mass is 9.98.